The molecule has 0 bridgehead atoms. The maximum atomic E-state index is 11.3. The van der Waals surface area contributed by atoms with Gasteiger partial charge in [-0.05, 0) is 19.8 Å². The molecule has 0 rings (SSSR count). The van der Waals surface area contributed by atoms with Crippen molar-refractivity contribution < 1.29 is 19.0 Å². The van der Waals surface area contributed by atoms with Crippen molar-refractivity contribution in [3.8, 4) is 0 Å². The van der Waals surface area contributed by atoms with Gasteiger partial charge in [-0.2, -0.15) is 0 Å². The minimum atomic E-state index is -0.274. The minimum Gasteiger partial charge on any atom is -0.460 e. The van der Waals surface area contributed by atoms with Crippen LogP contribution in [0.5, 0.6) is 0 Å². The highest BCUT2D eigenvalue weighted by Crippen LogP contribution is 2.01. The van der Waals surface area contributed by atoms with E-state index in [9.17, 15) is 4.79 Å². The summed E-state index contributed by atoms with van der Waals surface area (Å²) < 4.78 is 14.6. The van der Waals surface area contributed by atoms with Crippen LogP contribution in [0.1, 0.15) is 19.8 Å². The first-order valence-electron chi connectivity index (χ1n) is 5.04. The number of methoxy groups -OCH3 is 2. The van der Waals surface area contributed by atoms with Crippen LogP contribution >= 0.6 is 0 Å². The lowest BCUT2D eigenvalue weighted by atomic mass is 10.2. The highest BCUT2D eigenvalue weighted by Gasteiger charge is 2.04. The summed E-state index contributed by atoms with van der Waals surface area (Å²) in [5, 5.41) is 0. The normalized spacial score (nSPS) is 11.5. The zero-order valence-electron chi connectivity index (χ0n) is 9.75. The Kier molecular flexibility index (Phi) is 9.11. The minimum absolute atomic E-state index is 0.274. The van der Waals surface area contributed by atoms with E-state index in [0.29, 0.717) is 25.4 Å². The predicted molar refractivity (Wildman–Crippen MR) is 57.7 cm³/mol. The lowest BCUT2D eigenvalue weighted by Gasteiger charge is -2.03. The average Bonchev–Trinajstić information content (AvgIpc) is 2.24. The number of hydrogen-bond acceptors (Lipinski definition) is 4. The molecule has 0 atom stereocenters. The van der Waals surface area contributed by atoms with Crippen LogP contribution in [0.3, 0.4) is 0 Å². The Hall–Kier alpha value is -0.870. The van der Waals surface area contributed by atoms with Gasteiger partial charge in [-0.25, -0.2) is 4.79 Å². The number of rotatable bonds is 8. The average molecular weight is 216 g/mol. The lowest BCUT2D eigenvalue weighted by Crippen LogP contribution is -2.10. The molecule has 0 aliphatic carbocycles. The third kappa shape index (κ3) is 8.15. The van der Waals surface area contributed by atoms with Gasteiger partial charge in [0.2, 0.25) is 0 Å². The second-order valence-electron chi connectivity index (χ2n) is 3.15. The molecular weight excluding hydrogens is 196 g/mol. The molecule has 0 aliphatic rings. The fourth-order valence-corrected chi connectivity index (χ4v) is 0.961. The molecule has 0 heterocycles. The number of ether oxygens (including phenoxy) is 3. The molecule has 0 N–H and O–H groups in total. The molecule has 0 fully saturated rings. The van der Waals surface area contributed by atoms with Crippen molar-refractivity contribution in [2.45, 2.75) is 19.8 Å². The Morgan fingerprint density at radius 2 is 1.80 bits per heavy atom. The smallest absolute Gasteiger partial charge is 0.333 e. The van der Waals surface area contributed by atoms with E-state index in [2.05, 4.69) is 0 Å². The van der Waals surface area contributed by atoms with Gasteiger partial charge in [0.05, 0.1) is 6.61 Å². The predicted octanol–water partition coefficient (Wildman–Crippen LogP) is 1.55. The molecule has 0 aromatic heterocycles. The van der Waals surface area contributed by atoms with Gasteiger partial charge in [0.1, 0.15) is 6.61 Å². The van der Waals surface area contributed by atoms with Gasteiger partial charge < -0.3 is 14.2 Å². The number of hydrogen-bond donors (Lipinski definition) is 0. The van der Waals surface area contributed by atoms with Crippen molar-refractivity contribution in [1.29, 1.82) is 0 Å². The van der Waals surface area contributed by atoms with E-state index in [0.717, 1.165) is 12.8 Å². The first-order valence-corrected chi connectivity index (χ1v) is 5.04. The van der Waals surface area contributed by atoms with Crippen LogP contribution in [0, 0.1) is 0 Å². The molecule has 0 unspecified atom stereocenters. The van der Waals surface area contributed by atoms with Crippen LogP contribution < -0.4 is 0 Å². The van der Waals surface area contributed by atoms with Crippen LogP contribution in [0.15, 0.2) is 11.6 Å². The van der Waals surface area contributed by atoms with Crippen LogP contribution in [0.2, 0.25) is 0 Å². The van der Waals surface area contributed by atoms with Crippen molar-refractivity contribution in [2.75, 3.05) is 34.0 Å². The molecule has 4 nitrogen and oxygen atoms in total. The summed E-state index contributed by atoms with van der Waals surface area (Å²) in [4.78, 5) is 11.3. The molecule has 0 radical (unpaired) electrons. The van der Waals surface area contributed by atoms with E-state index < -0.39 is 0 Å². The number of esters is 1. The summed E-state index contributed by atoms with van der Waals surface area (Å²) in [6.45, 7) is 3.20. The van der Waals surface area contributed by atoms with Crippen LogP contribution in [0.25, 0.3) is 0 Å². The zero-order chi connectivity index (χ0) is 11.5. The topological polar surface area (TPSA) is 44.8 Å². The van der Waals surface area contributed by atoms with E-state index in [-0.39, 0.29) is 5.97 Å². The molecule has 4 heteroatoms. The summed E-state index contributed by atoms with van der Waals surface area (Å²) in [6.07, 6.45) is 3.62. The molecule has 88 valence electrons. The second-order valence-corrected chi connectivity index (χ2v) is 3.15. The van der Waals surface area contributed by atoms with E-state index in [1.807, 2.05) is 6.08 Å². The molecule has 0 amide bonds. The Balaban J connectivity index is 3.66. The van der Waals surface area contributed by atoms with Crippen LogP contribution in [0.4, 0.5) is 0 Å². The molecule has 0 aromatic rings. The summed E-state index contributed by atoms with van der Waals surface area (Å²) in [5.41, 5.74) is 0.641. The SMILES string of the molecule is COCCCC=C(C)C(=O)OCCOC. The number of carbonyl (C=O) groups is 1. The Bertz CT molecular complexity index is 199. The molecule has 0 aliphatic heterocycles. The lowest BCUT2D eigenvalue weighted by molar-refractivity contribution is -0.140. The van der Waals surface area contributed by atoms with Gasteiger partial charge in [-0.3, -0.25) is 0 Å². The highest BCUT2D eigenvalue weighted by atomic mass is 16.6. The fourth-order valence-electron chi connectivity index (χ4n) is 0.961. The number of carbonyl (C=O) groups excluding carboxylic acids is 1. The van der Waals surface area contributed by atoms with E-state index in [1.165, 1.54) is 0 Å². The number of allylic oxidation sites excluding steroid dienone is 1. The van der Waals surface area contributed by atoms with E-state index in [4.69, 9.17) is 14.2 Å². The Morgan fingerprint density at radius 1 is 1.13 bits per heavy atom. The third-order valence-corrected chi connectivity index (χ3v) is 1.85. The van der Waals surface area contributed by atoms with E-state index >= 15 is 0 Å². The summed E-state index contributed by atoms with van der Waals surface area (Å²) >= 11 is 0. The van der Waals surface area contributed by atoms with Gasteiger partial charge in [-0.15, -0.1) is 0 Å². The fraction of sp³-hybridized carbons (Fsp3) is 0.727. The van der Waals surface area contributed by atoms with Crippen molar-refractivity contribution in [3.05, 3.63) is 11.6 Å². The van der Waals surface area contributed by atoms with Gasteiger partial charge in [0.15, 0.2) is 0 Å². The molecule has 15 heavy (non-hydrogen) atoms. The van der Waals surface area contributed by atoms with Crippen molar-refractivity contribution in [2.24, 2.45) is 0 Å². The molecule has 0 saturated carbocycles. The maximum Gasteiger partial charge on any atom is 0.333 e. The van der Waals surface area contributed by atoms with Gasteiger partial charge in [0, 0.05) is 26.4 Å². The summed E-state index contributed by atoms with van der Waals surface area (Å²) in [7, 11) is 3.23. The Labute approximate surface area is 91.2 Å². The van der Waals surface area contributed by atoms with Crippen molar-refractivity contribution in [1.82, 2.24) is 0 Å². The van der Waals surface area contributed by atoms with Gasteiger partial charge >= 0.3 is 5.97 Å². The standard InChI is InChI=1S/C11H20O4/c1-10(6-4-5-7-13-2)11(12)15-9-8-14-3/h6H,4-5,7-9H2,1-3H3. The largest absolute Gasteiger partial charge is 0.460 e. The zero-order valence-corrected chi connectivity index (χ0v) is 9.75. The van der Waals surface area contributed by atoms with Gasteiger partial charge in [0.25, 0.3) is 0 Å². The van der Waals surface area contributed by atoms with Crippen LogP contribution in [-0.4, -0.2) is 40.0 Å². The van der Waals surface area contributed by atoms with Gasteiger partial charge in [-0.1, -0.05) is 6.08 Å². The highest BCUT2D eigenvalue weighted by molar-refractivity contribution is 5.87. The number of unbranched alkanes of at least 4 members (excludes halogenated alkanes) is 1. The molecular formula is C11H20O4. The first kappa shape index (κ1) is 14.1. The first-order chi connectivity index (χ1) is 7.22. The van der Waals surface area contributed by atoms with Crippen LogP contribution in [-0.2, 0) is 19.0 Å². The maximum absolute atomic E-state index is 11.3. The Morgan fingerprint density at radius 3 is 2.40 bits per heavy atom. The third-order valence-electron chi connectivity index (χ3n) is 1.85. The second kappa shape index (κ2) is 9.68. The summed E-state index contributed by atoms with van der Waals surface area (Å²) in [5.74, 6) is -0.274. The molecule has 0 saturated heterocycles. The molecule has 0 aromatic carbocycles. The molecule has 0 spiro atoms. The monoisotopic (exact) mass is 216 g/mol. The quantitative estimate of drug-likeness (QED) is 0.351. The van der Waals surface area contributed by atoms with E-state index in [1.54, 1.807) is 21.1 Å². The van der Waals surface area contributed by atoms with Crippen molar-refractivity contribution in [3.63, 3.8) is 0 Å². The summed E-state index contributed by atoms with van der Waals surface area (Å²) in [6, 6.07) is 0. The van der Waals surface area contributed by atoms with Crippen molar-refractivity contribution >= 4 is 5.97 Å².